The van der Waals surface area contributed by atoms with Gasteiger partial charge >= 0.3 is 6.18 Å². The summed E-state index contributed by atoms with van der Waals surface area (Å²) in [6.07, 6.45) is -4.34. The number of nitrogens with zero attached hydrogens (tertiary/aromatic N) is 3. The van der Waals surface area contributed by atoms with E-state index >= 15 is 0 Å². The van der Waals surface area contributed by atoms with E-state index < -0.39 is 11.7 Å². The number of hydrogen-bond acceptors (Lipinski definition) is 3. The van der Waals surface area contributed by atoms with Gasteiger partial charge in [-0.05, 0) is 36.4 Å². The standard InChI is InChI=1S/C15H10F3N5/c16-15(17,18)9-5-7-10(8-6-9)19-13-21-14-20-11-3-1-2-4-12(11)23(14)22-13/h1-8H,(H2,19,20,21,22). The Hall–Kier alpha value is -3.03. The van der Waals surface area contributed by atoms with Crippen LogP contribution in [0.2, 0.25) is 0 Å². The van der Waals surface area contributed by atoms with Gasteiger partial charge in [-0.3, -0.25) is 5.10 Å². The Balaban J connectivity index is 1.65. The molecule has 2 aromatic heterocycles. The van der Waals surface area contributed by atoms with Crippen molar-refractivity contribution in [1.82, 2.24) is 19.6 Å². The minimum Gasteiger partial charge on any atom is -0.325 e. The summed E-state index contributed by atoms with van der Waals surface area (Å²) in [6.45, 7) is 0. The number of rotatable bonds is 2. The number of anilines is 2. The highest BCUT2D eigenvalue weighted by molar-refractivity contribution is 5.79. The van der Waals surface area contributed by atoms with Crippen LogP contribution in [-0.4, -0.2) is 19.6 Å². The van der Waals surface area contributed by atoms with Crippen LogP contribution in [0.5, 0.6) is 0 Å². The predicted octanol–water partition coefficient (Wildman–Crippen LogP) is 3.97. The largest absolute Gasteiger partial charge is 0.416 e. The molecule has 0 atom stereocenters. The van der Waals surface area contributed by atoms with Crippen LogP contribution in [-0.2, 0) is 6.18 Å². The second-order valence-electron chi connectivity index (χ2n) is 5.01. The third-order valence-electron chi connectivity index (χ3n) is 3.45. The lowest BCUT2D eigenvalue weighted by atomic mass is 10.2. The van der Waals surface area contributed by atoms with Crippen LogP contribution in [0.25, 0.3) is 16.8 Å². The van der Waals surface area contributed by atoms with Crippen molar-refractivity contribution in [3.05, 3.63) is 54.1 Å². The van der Waals surface area contributed by atoms with E-state index in [-0.39, 0.29) is 0 Å². The Morgan fingerprint density at radius 2 is 1.70 bits per heavy atom. The summed E-state index contributed by atoms with van der Waals surface area (Å²) in [5.41, 5.74) is 1.49. The number of fused-ring (bicyclic) bond motifs is 3. The lowest BCUT2D eigenvalue weighted by Crippen LogP contribution is -2.04. The van der Waals surface area contributed by atoms with Gasteiger partial charge < -0.3 is 5.32 Å². The van der Waals surface area contributed by atoms with E-state index in [2.05, 4.69) is 20.4 Å². The topological polar surface area (TPSA) is 58.0 Å². The Labute approximate surface area is 127 Å². The maximum atomic E-state index is 12.5. The van der Waals surface area contributed by atoms with Crippen LogP contribution in [0.15, 0.2) is 48.5 Å². The molecule has 0 spiro atoms. The highest BCUT2D eigenvalue weighted by Gasteiger charge is 2.29. The van der Waals surface area contributed by atoms with Gasteiger partial charge in [-0.15, -0.1) is 0 Å². The maximum Gasteiger partial charge on any atom is 0.416 e. The fraction of sp³-hybridized carbons (Fsp3) is 0.0667. The molecular weight excluding hydrogens is 307 g/mol. The number of aromatic amines is 1. The number of hydrogen-bond donors (Lipinski definition) is 2. The van der Waals surface area contributed by atoms with Crippen molar-refractivity contribution in [2.24, 2.45) is 0 Å². The summed E-state index contributed by atoms with van der Waals surface area (Å²) < 4.78 is 39.3. The Morgan fingerprint density at radius 3 is 2.43 bits per heavy atom. The molecule has 116 valence electrons. The number of alkyl halides is 3. The maximum absolute atomic E-state index is 12.5. The molecule has 0 bridgehead atoms. The predicted molar refractivity (Wildman–Crippen MR) is 79.6 cm³/mol. The number of aromatic nitrogens is 4. The van der Waals surface area contributed by atoms with Crippen LogP contribution >= 0.6 is 0 Å². The van der Waals surface area contributed by atoms with Gasteiger partial charge in [-0.2, -0.15) is 18.2 Å². The lowest BCUT2D eigenvalue weighted by Gasteiger charge is -2.07. The molecule has 0 aliphatic rings. The molecule has 2 N–H and O–H groups in total. The van der Waals surface area contributed by atoms with Crippen molar-refractivity contribution in [2.75, 3.05) is 5.32 Å². The van der Waals surface area contributed by atoms with Crippen molar-refractivity contribution < 1.29 is 13.2 Å². The minimum atomic E-state index is -4.34. The molecule has 0 aliphatic carbocycles. The summed E-state index contributed by atoms with van der Waals surface area (Å²) in [7, 11) is 0. The third kappa shape index (κ3) is 2.37. The van der Waals surface area contributed by atoms with Crippen LogP contribution in [0.4, 0.5) is 24.8 Å². The molecule has 0 fully saturated rings. The number of imidazole rings is 1. The number of benzene rings is 2. The van der Waals surface area contributed by atoms with Crippen molar-refractivity contribution >= 4 is 28.4 Å². The number of H-pyrrole nitrogens is 1. The zero-order valence-electron chi connectivity index (χ0n) is 11.6. The third-order valence-corrected chi connectivity index (χ3v) is 3.45. The van der Waals surface area contributed by atoms with Gasteiger partial charge in [0.05, 0.1) is 16.6 Å². The Morgan fingerprint density at radius 1 is 0.957 bits per heavy atom. The molecule has 0 saturated heterocycles. The van der Waals surface area contributed by atoms with E-state index in [0.717, 1.165) is 23.2 Å². The Bertz CT molecular complexity index is 982. The molecule has 0 aliphatic heterocycles. The number of halogens is 3. The van der Waals surface area contributed by atoms with Gasteiger partial charge in [0.15, 0.2) is 0 Å². The second kappa shape index (κ2) is 4.73. The molecule has 2 aromatic carbocycles. The summed E-state index contributed by atoms with van der Waals surface area (Å²) in [5.74, 6) is 0.888. The van der Waals surface area contributed by atoms with Gasteiger partial charge in [0.2, 0.25) is 5.95 Å². The quantitative estimate of drug-likeness (QED) is 0.588. The van der Waals surface area contributed by atoms with E-state index in [1.165, 1.54) is 12.1 Å². The molecule has 0 unspecified atom stereocenters. The summed E-state index contributed by atoms with van der Waals surface area (Å²) >= 11 is 0. The van der Waals surface area contributed by atoms with Crippen LogP contribution < -0.4 is 5.32 Å². The molecule has 0 saturated carbocycles. The van der Waals surface area contributed by atoms with E-state index in [4.69, 9.17) is 0 Å². The fourth-order valence-corrected chi connectivity index (χ4v) is 2.36. The summed E-state index contributed by atoms with van der Waals surface area (Å²) in [5, 5.41) is 5.95. The molecular formula is C15H10F3N5. The minimum absolute atomic E-state index is 0.401. The first-order valence-electron chi connectivity index (χ1n) is 6.78. The monoisotopic (exact) mass is 317 g/mol. The van der Waals surface area contributed by atoms with E-state index in [1.807, 2.05) is 24.3 Å². The van der Waals surface area contributed by atoms with Crippen molar-refractivity contribution in [3.8, 4) is 0 Å². The average Bonchev–Trinajstić information content (AvgIpc) is 3.04. The van der Waals surface area contributed by atoms with E-state index in [0.29, 0.717) is 17.4 Å². The molecule has 5 nitrogen and oxygen atoms in total. The van der Waals surface area contributed by atoms with Crippen LogP contribution in [0, 0.1) is 0 Å². The number of para-hydroxylation sites is 2. The molecule has 0 radical (unpaired) electrons. The highest BCUT2D eigenvalue weighted by Crippen LogP contribution is 2.30. The van der Waals surface area contributed by atoms with E-state index in [9.17, 15) is 13.2 Å². The smallest absolute Gasteiger partial charge is 0.325 e. The van der Waals surface area contributed by atoms with Gasteiger partial charge in [0.25, 0.3) is 5.78 Å². The van der Waals surface area contributed by atoms with E-state index in [1.54, 1.807) is 4.52 Å². The van der Waals surface area contributed by atoms with Gasteiger partial charge in [0, 0.05) is 5.69 Å². The average molecular weight is 317 g/mol. The second-order valence-corrected chi connectivity index (χ2v) is 5.01. The van der Waals surface area contributed by atoms with Gasteiger partial charge in [-0.1, -0.05) is 12.1 Å². The van der Waals surface area contributed by atoms with Crippen molar-refractivity contribution in [1.29, 1.82) is 0 Å². The molecule has 4 rings (SSSR count). The molecule has 2 heterocycles. The summed E-state index contributed by atoms with van der Waals surface area (Å²) in [4.78, 5) is 8.64. The molecule has 0 amide bonds. The first-order chi connectivity index (χ1) is 11.0. The van der Waals surface area contributed by atoms with Gasteiger partial charge in [-0.25, -0.2) is 9.50 Å². The number of nitrogens with one attached hydrogen (secondary N) is 2. The zero-order chi connectivity index (χ0) is 16.0. The van der Waals surface area contributed by atoms with Crippen molar-refractivity contribution in [3.63, 3.8) is 0 Å². The van der Waals surface area contributed by atoms with Gasteiger partial charge in [0.1, 0.15) is 0 Å². The molecule has 8 heteroatoms. The molecule has 4 aromatic rings. The van der Waals surface area contributed by atoms with Crippen LogP contribution in [0.3, 0.4) is 0 Å². The lowest BCUT2D eigenvalue weighted by molar-refractivity contribution is -0.137. The first kappa shape index (κ1) is 13.6. The SMILES string of the molecule is FC(F)(F)c1ccc(Nc2nc3nc4ccccc4n3[nH]2)cc1. The van der Waals surface area contributed by atoms with Crippen molar-refractivity contribution in [2.45, 2.75) is 6.18 Å². The summed E-state index contributed by atoms with van der Waals surface area (Å²) in [6, 6.07) is 12.3. The zero-order valence-corrected chi connectivity index (χ0v) is 11.6. The highest BCUT2D eigenvalue weighted by atomic mass is 19.4. The molecule has 23 heavy (non-hydrogen) atoms. The van der Waals surface area contributed by atoms with Crippen LogP contribution in [0.1, 0.15) is 5.56 Å². The normalized spacial score (nSPS) is 12.1. The Kier molecular flexibility index (Phi) is 2.80. The fourth-order valence-electron chi connectivity index (χ4n) is 2.36. The first-order valence-corrected chi connectivity index (χ1v) is 6.78.